The summed E-state index contributed by atoms with van der Waals surface area (Å²) in [5.41, 5.74) is 3.82. The molecule has 0 bridgehead atoms. The molecular weight excluding hydrogens is 348 g/mol. The predicted octanol–water partition coefficient (Wildman–Crippen LogP) is 2.62. The van der Waals surface area contributed by atoms with Crippen molar-refractivity contribution in [2.24, 2.45) is 0 Å². The Labute approximate surface area is 135 Å². The predicted molar refractivity (Wildman–Crippen MR) is 85.9 cm³/mol. The number of benzene rings is 2. The van der Waals surface area contributed by atoms with E-state index in [1.54, 1.807) is 36.4 Å². The van der Waals surface area contributed by atoms with Gasteiger partial charge in [0.25, 0.3) is 11.8 Å². The van der Waals surface area contributed by atoms with Gasteiger partial charge in [0.2, 0.25) is 0 Å². The Hall–Kier alpha value is -2.60. The molecule has 1 aliphatic rings. The van der Waals surface area contributed by atoms with Gasteiger partial charge in [0, 0.05) is 4.47 Å². The molecule has 2 aromatic carbocycles. The Morgan fingerprint density at radius 2 is 1.64 bits per heavy atom. The number of hydrazine groups is 1. The van der Waals surface area contributed by atoms with Gasteiger partial charge in [0.05, 0.1) is 5.69 Å². The lowest BCUT2D eigenvalue weighted by molar-refractivity contribution is -0.117. The van der Waals surface area contributed by atoms with E-state index in [1.165, 1.54) is 23.2 Å². The molecule has 0 spiro atoms. The minimum atomic E-state index is -0.457. The summed E-state index contributed by atoms with van der Waals surface area (Å²) < 4.78 is 0.883. The second kappa shape index (κ2) is 5.65. The molecule has 0 atom stereocenters. The lowest BCUT2D eigenvalue weighted by atomic mass is 10.1. The van der Waals surface area contributed by atoms with Crippen LogP contribution >= 0.6 is 15.9 Å². The summed E-state index contributed by atoms with van der Waals surface area (Å²) >= 11 is 3.32. The number of hydrogen-bond acceptors (Lipinski definition) is 3. The van der Waals surface area contributed by atoms with E-state index in [4.69, 9.17) is 0 Å². The Bertz CT molecular complexity index is 767. The van der Waals surface area contributed by atoms with Crippen LogP contribution in [0.25, 0.3) is 6.08 Å². The summed E-state index contributed by atoms with van der Waals surface area (Å²) in [6.07, 6.45) is 1.50. The fourth-order valence-corrected chi connectivity index (χ4v) is 2.33. The molecule has 2 aromatic rings. The molecule has 3 rings (SSSR count). The number of carbonyl (C=O) groups excluding carboxylic acids is 2. The summed E-state index contributed by atoms with van der Waals surface area (Å²) in [6, 6.07) is 13.3. The Morgan fingerprint density at radius 3 is 2.27 bits per heavy atom. The zero-order chi connectivity index (χ0) is 15.7. The van der Waals surface area contributed by atoms with E-state index < -0.39 is 11.8 Å². The molecule has 22 heavy (non-hydrogen) atoms. The standard InChI is InChI=1S/C16H11BrN2O3/c17-11-3-5-12(6-4-11)19-16(22)14(15(21)18-19)9-10-1-7-13(20)8-2-10/h1-9,20H,(H,18,21)/b14-9-. The molecule has 110 valence electrons. The fraction of sp³-hybridized carbons (Fsp3) is 0. The van der Waals surface area contributed by atoms with E-state index in [9.17, 15) is 14.7 Å². The van der Waals surface area contributed by atoms with Crippen LogP contribution in [0, 0.1) is 0 Å². The molecule has 5 nitrogen and oxygen atoms in total. The average molecular weight is 359 g/mol. The van der Waals surface area contributed by atoms with Gasteiger partial charge in [-0.25, -0.2) is 5.01 Å². The van der Waals surface area contributed by atoms with E-state index >= 15 is 0 Å². The third kappa shape index (κ3) is 2.73. The lowest BCUT2D eigenvalue weighted by Gasteiger charge is -2.14. The second-order valence-corrected chi connectivity index (χ2v) is 5.62. The SMILES string of the molecule is O=C1NN(c2ccc(Br)cc2)C(=O)/C1=C\c1ccc(O)cc1. The van der Waals surface area contributed by atoms with Gasteiger partial charge in [-0.1, -0.05) is 28.1 Å². The molecule has 2 amide bonds. The van der Waals surface area contributed by atoms with Crippen LogP contribution < -0.4 is 10.4 Å². The van der Waals surface area contributed by atoms with E-state index in [2.05, 4.69) is 21.4 Å². The highest BCUT2D eigenvalue weighted by Crippen LogP contribution is 2.23. The second-order valence-electron chi connectivity index (χ2n) is 4.71. The highest BCUT2D eigenvalue weighted by atomic mass is 79.9. The van der Waals surface area contributed by atoms with Crippen molar-refractivity contribution in [1.29, 1.82) is 0 Å². The van der Waals surface area contributed by atoms with E-state index in [0.29, 0.717) is 11.3 Å². The number of halogens is 1. The first-order valence-electron chi connectivity index (χ1n) is 6.46. The molecule has 1 heterocycles. The summed E-state index contributed by atoms with van der Waals surface area (Å²) in [5, 5.41) is 10.5. The highest BCUT2D eigenvalue weighted by Gasteiger charge is 2.34. The molecular formula is C16H11BrN2O3. The number of carbonyl (C=O) groups is 2. The number of rotatable bonds is 2. The maximum Gasteiger partial charge on any atom is 0.282 e. The van der Waals surface area contributed by atoms with Gasteiger partial charge in [0.15, 0.2) is 0 Å². The van der Waals surface area contributed by atoms with Crippen molar-refractivity contribution in [2.45, 2.75) is 0 Å². The van der Waals surface area contributed by atoms with Crippen LogP contribution in [0.15, 0.2) is 58.6 Å². The van der Waals surface area contributed by atoms with E-state index in [1.807, 2.05) is 0 Å². The fourth-order valence-electron chi connectivity index (χ4n) is 2.07. The van der Waals surface area contributed by atoms with Crippen LogP contribution in [0.5, 0.6) is 5.75 Å². The van der Waals surface area contributed by atoms with Crippen LogP contribution in [0.1, 0.15) is 5.56 Å². The molecule has 6 heteroatoms. The van der Waals surface area contributed by atoms with Gasteiger partial charge in [-0.05, 0) is 48.0 Å². The molecule has 0 saturated carbocycles. The summed E-state index contributed by atoms with van der Waals surface area (Å²) in [6.45, 7) is 0. The normalized spacial score (nSPS) is 16.2. The van der Waals surface area contributed by atoms with Gasteiger partial charge < -0.3 is 5.11 Å². The summed E-state index contributed by atoms with van der Waals surface area (Å²) in [5.74, 6) is -0.748. The first kappa shape index (κ1) is 14.3. The quantitative estimate of drug-likeness (QED) is 0.640. The number of anilines is 1. The molecule has 0 unspecified atom stereocenters. The number of phenolic OH excluding ortho intramolecular Hbond substituents is 1. The number of amides is 2. The third-order valence-corrected chi connectivity index (χ3v) is 3.71. The topological polar surface area (TPSA) is 69.6 Å². The third-order valence-electron chi connectivity index (χ3n) is 3.18. The van der Waals surface area contributed by atoms with E-state index in [0.717, 1.165) is 4.47 Å². The molecule has 1 saturated heterocycles. The summed E-state index contributed by atoms with van der Waals surface area (Å²) in [7, 11) is 0. The molecule has 0 radical (unpaired) electrons. The monoisotopic (exact) mass is 358 g/mol. The molecule has 1 aliphatic heterocycles. The number of hydrogen-bond donors (Lipinski definition) is 2. The maximum atomic E-state index is 12.4. The van der Waals surface area contributed by atoms with Gasteiger partial charge >= 0.3 is 0 Å². The lowest BCUT2D eigenvalue weighted by Crippen LogP contribution is -2.35. The van der Waals surface area contributed by atoms with Crippen molar-refractivity contribution in [3.05, 3.63) is 64.1 Å². The van der Waals surface area contributed by atoms with Gasteiger partial charge in [0.1, 0.15) is 11.3 Å². The number of nitrogens with one attached hydrogen (secondary N) is 1. The number of aromatic hydroxyl groups is 1. The van der Waals surface area contributed by atoms with Crippen LogP contribution in [-0.4, -0.2) is 16.9 Å². The molecule has 2 N–H and O–H groups in total. The number of phenols is 1. The van der Waals surface area contributed by atoms with Crippen molar-refractivity contribution >= 4 is 39.5 Å². The Morgan fingerprint density at radius 1 is 1.00 bits per heavy atom. The van der Waals surface area contributed by atoms with Crippen molar-refractivity contribution < 1.29 is 14.7 Å². The van der Waals surface area contributed by atoms with Crippen molar-refractivity contribution in [3.8, 4) is 5.75 Å². The van der Waals surface area contributed by atoms with Crippen molar-refractivity contribution in [2.75, 3.05) is 5.01 Å². The molecule has 1 fully saturated rings. The zero-order valence-electron chi connectivity index (χ0n) is 11.3. The minimum Gasteiger partial charge on any atom is -0.508 e. The highest BCUT2D eigenvalue weighted by molar-refractivity contribution is 9.10. The Kier molecular flexibility index (Phi) is 3.68. The minimum absolute atomic E-state index is 0.0496. The largest absolute Gasteiger partial charge is 0.508 e. The number of nitrogens with zero attached hydrogens (tertiary/aromatic N) is 1. The van der Waals surface area contributed by atoms with Crippen molar-refractivity contribution in [1.82, 2.24) is 5.43 Å². The zero-order valence-corrected chi connectivity index (χ0v) is 12.9. The van der Waals surface area contributed by atoms with Crippen LogP contribution in [-0.2, 0) is 9.59 Å². The smallest absolute Gasteiger partial charge is 0.282 e. The van der Waals surface area contributed by atoms with Crippen molar-refractivity contribution in [3.63, 3.8) is 0 Å². The van der Waals surface area contributed by atoms with E-state index in [-0.39, 0.29) is 11.3 Å². The van der Waals surface area contributed by atoms with Gasteiger partial charge in [-0.3, -0.25) is 15.0 Å². The molecule has 0 aliphatic carbocycles. The first-order chi connectivity index (χ1) is 10.5. The molecule has 0 aromatic heterocycles. The van der Waals surface area contributed by atoms with Crippen LogP contribution in [0.4, 0.5) is 5.69 Å². The van der Waals surface area contributed by atoms with Crippen LogP contribution in [0.3, 0.4) is 0 Å². The average Bonchev–Trinajstić information content (AvgIpc) is 2.78. The van der Waals surface area contributed by atoms with Gasteiger partial charge in [-0.2, -0.15) is 0 Å². The first-order valence-corrected chi connectivity index (χ1v) is 7.25. The maximum absolute atomic E-state index is 12.4. The Balaban J connectivity index is 1.91. The summed E-state index contributed by atoms with van der Waals surface area (Å²) in [4.78, 5) is 24.4. The van der Waals surface area contributed by atoms with Gasteiger partial charge in [-0.15, -0.1) is 0 Å². The van der Waals surface area contributed by atoms with Crippen LogP contribution in [0.2, 0.25) is 0 Å².